The fourth-order valence-electron chi connectivity index (χ4n) is 0.276. The van der Waals surface area contributed by atoms with Crippen molar-refractivity contribution in [3.8, 4) is 0 Å². The summed E-state index contributed by atoms with van der Waals surface area (Å²) in [5.74, 6) is 2.16. The zero-order valence-electron chi connectivity index (χ0n) is 3.28. The lowest BCUT2D eigenvalue weighted by atomic mass is 11.2. The molecule has 0 saturated carbocycles. The molecule has 1 aromatic heterocycles. The van der Waals surface area contributed by atoms with Crippen LogP contribution in [0.2, 0.25) is 0 Å². The maximum Gasteiger partial charge on any atom is 0.0617 e. The average Bonchev–Trinajstić information content (AvgIpc) is 1.87. The number of rotatable bonds is 0. The molecule has 0 amide bonds. The summed E-state index contributed by atoms with van der Waals surface area (Å²) in [6.45, 7) is 0. The standard InChI is InChI=1S/C3H2Br2P2/c4-2-1-6-3(5)7-2/h1,7H. The van der Waals surface area contributed by atoms with Gasteiger partial charge in [0.15, 0.2) is 0 Å². The highest BCUT2D eigenvalue weighted by Crippen LogP contribution is 2.39. The predicted octanol–water partition coefficient (Wildman–Crippen LogP) is 3.82. The molecule has 0 nitrogen and oxygen atoms in total. The van der Waals surface area contributed by atoms with Crippen LogP contribution in [0.4, 0.5) is 0 Å². The van der Waals surface area contributed by atoms with E-state index in [1.807, 2.05) is 0 Å². The van der Waals surface area contributed by atoms with Gasteiger partial charge in [0.1, 0.15) is 0 Å². The van der Waals surface area contributed by atoms with Gasteiger partial charge in [-0.1, -0.05) is 8.19 Å². The molecule has 0 N–H and O–H groups in total. The molecule has 0 aromatic carbocycles. The zero-order chi connectivity index (χ0) is 5.28. The van der Waals surface area contributed by atoms with Crippen molar-refractivity contribution in [2.75, 3.05) is 0 Å². The van der Waals surface area contributed by atoms with Crippen LogP contribution in [0.25, 0.3) is 0 Å². The van der Waals surface area contributed by atoms with E-state index in [2.05, 4.69) is 37.7 Å². The molecule has 0 aliphatic rings. The Morgan fingerprint density at radius 3 is 2.43 bits per heavy atom. The molecular formula is C3H2Br2P2. The molecule has 1 atom stereocenters. The molecule has 1 rings (SSSR count). The average molecular weight is 260 g/mol. The second-order valence-electron chi connectivity index (χ2n) is 1.02. The minimum atomic E-state index is 0.855. The molecule has 1 unspecified atom stereocenters. The topological polar surface area (TPSA) is 0 Å². The summed E-state index contributed by atoms with van der Waals surface area (Å²) in [6, 6.07) is 0. The van der Waals surface area contributed by atoms with E-state index in [1.54, 1.807) is 0 Å². The lowest BCUT2D eigenvalue weighted by molar-refractivity contribution is 2.22. The van der Waals surface area contributed by atoms with Crippen molar-refractivity contribution in [1.82, 2.24) is 0 Å². The predicted molar refractivity (Wildman–Crippen MR) is 43.9 cm³/mol. The smallest absolute Gasteiger partial charge is 0.0617 e. The first-order valence-corrected chi connectivity index (χ1v) is 5.20. The minimum absolute atomic E-state index is 0.855. The van der Waals surface area contributed by atoms with Gasteiger partial charge < -0.3 is 0 Å². The Hall–Kier alpha value is 1.17. The maximum atomic E-state index is 3.41. The lowest BCUT2D eigenvalue weighted by Gasteiger charge is -1.68. The fraction of sp³-hybridized carbons (Fsp3) is 0. The van der Waals surface area contributed by atoms with E-state index < -0.39 is 0 Å². The lowest BCUT2D eigenvalue weighted by Crippen LogP contribution is -1.24. The van der Waals surface area contributed by atoms with Gasteiger partial charge in [0.05, 0.1) is 3.94 Å². The highest BCUT2D eigenvalue weighted by molar-refractivity contribution is 9.13. The van der Waals surface area contributed by atoms with Crippen LogP contribution < -0.4 is 0 Å². The zero-order valence-corrected chi connectivity index (χ0v) is 8.35. The third-order valence-corrected chi connectivity index (χ3v) is 5.07. The van der Waals surface area contributed by atoms with E-state index in [-0.39, 0.29) is 0 Å². The van der Waals surface area contributed by atoms with E-state index in [1.165, 1.54) is 16.3 Å². The fourth-order valence-corrected chi connectivity index (χ4v) is 5.07. The summed E-state index contributed by atoms with van der Waals surface area (Å²) < 4.78 is 2.69. The molecule has 0 saturated heterocycles. The summed E-state index contributed by atoms with van der Waals surface area (Å²) in [5, 5.41) is 0. The van der Waals surface area contributed by atoms with Crippen molar-refractivity contribution in [2.24, 2.45) is 0 Å². The molecule has 38 valence electrons. The third kappa shape index (κ3) is 1.85. The molecule has 0 fully saturated rings. The molecule has 0 bridgehead atoms. The first kappa shape index (κ1) is 6.29. The van der Waals surface area contributed by atoms with Crippen molar-refractivity contribution in [3.05, 3.63) is 13.9 Å². The Labute approximate surface area is 62.2 Å². The second-order valence-corrected chi connectivity index (χ2v) is 7.42. The van der Waals surface area contributed by atoms with E-state index in [4.69, 9.17) is 0 Å². The monoisotopic (exact) mass is 258 g/mol. The van der Waals surface area contributed by atoms with Crippen molar-refractivity contribution in [3.63, 3.8) is 0 Å². The van der Waals surface area contributed by atoms with E-state index in [9.17, 15) is 0 Å². The first-order valence-electron chi connectivity index (χ1n) is 1.65. The molecule has 0 radical (unpaired) electrons. The molecule has 0 aliphatic carbocycles. The maximum absolute atomic E-state index is 3.41. The van der Waals surface area contributed by atoms with Crippen LogP contribution in [0, 0.1) is 0 Å². The van der Waals surface area contributed by atoms with Gasteiger partial charge in [0, 0.05) is 4.20 Å². The van der Waals surface area contributed by atoms with Gasteiger partial charge in [-0.2, -0.15) is 0 Å². The van der Waals surface area contributed by atoms with Crippen molar-refractivity contribution in [1.29, 1.82) is 0 Å². The van der Waals surface area contributed by atoms with Crippen LogP contribution in [-0.4, -0.2) is 0 Å². The number of halogens is 2. The van der Waals surface area contributed by atoms with Crippen LogP contribution in [0.1, 0.15) is 0 Å². The van der Waals surface area contributed by atoms with Crippen LogP contribution in [-0.2, 0) is 0 Å². The third-order valence-electron chi connectivity index (χ3n) is 0.514. The Balaban J connectivity index is 3.04. The summed E-state index contributed by atoms with van der Waals surface area (Å²) in [5.41, 5.74) is 0. The summed E-state index contributed by atoms with van der Waals surface area (Å²) in [6.07, 6.45) is 0. The second kappa shape index (κ2) is 2.64. The number of hydrogen-bond acceptors (Lipinski definition) is 0. The normalized spacial score (nSPS) is 11.7. The highest BCUT2D eigenvalue weighted by Gasteiger charge is 1.87. The molecule has 0 aliphatic heterocycles. The van der Waals surface area contributed by atoms with Gasteiger partial charge in [-0.25, -0.2) is 0 Å². The van der Waals surface area contributed by atoms with Crippen molar-refractivity contribution >= 4 is 48.2 Å². The molecular weight excluding hydrogens is 258 g/mol. The van der Waals surface area contributed by atoms with Gasteiger partial charge in [-0.15, -0.1) is 8.19 Å². The Morgan fingerprint density at radius 2 is 2.29 bits per heavy atom. The van der Waals surface area contributed by atoms with Crippen molar-refractivity contribution in [2.45, 2.75) is 0 Å². The summed E-state index contributed by atoms with van der Waals surface area (Å²) in [4.78, 5) is 0. The Kier molecular flexibility index (Phi) is 2.37. The van der Waals surface area contributed by atoms with Crippen LogP contribution in [0.3, 0.4) is 0 Å². The first-order chi connectivity index (χ1) is 3.29. The van der Waals surface area contributed by atoms with E-state index >= 15 is 0 Å². The van der Waals surface area contributed by atoms with Gasteiger partial charge in [0.2, 0.25) is 0 Å². The van der Waals surface area contributed by atoms with Crippen LogP contribution >= 0.6 is 48.2 Å². The van der Waals surface area contributed by atoms with Crippen LogP contribution in [0.5, 0.6) is 0 Å². The molecule has 0 spiro atoms. The van der Waals surface area contributed by atoms with E-state index in [0.717, 1.165) is 8.19 Å². The largest absolute Gasteiger partial charge is 0.105 e. The number of hydrogen-bond donors (Lipinski definition) is 0. The Bertz CT molecular complexity index is 143. The van der Waals surface area contributed by atoms with E-state index in [0.29, 0.717) is 0 Å². The molecule has 1 aromatic rings. The molecule has 4 heteroatoms. The van der Waals surface area contributed by atoms with Gasteiger partial charge in [-0.3, -0.25) is 0 Å². The highest BCUT2D eigenvalue weighted by atomic mass is 79.9. The van der Waals surface area contributed by atoms with Crippen LogP contribution in [0.15, 0.2) is 13.9 Å². The minimum Gasteiger partial charge on any atom is -0.105 e. The van der Waals surface area contributed by atoms with Gasteiger partial charge in [0.25, 0.3) is 0 Å². The Morgan fingerprint density at radius 1 is 1.57 bits per heavy atom. The SMILES string of the molecule is Brc1cpc(Br)[pH]1. The molecule has 1 heterocycles. The van der Waals surface area contributed by atoms with Gasteiger partial charge >= 0.3 is 0 Å². The molecule has 7 heavy (non-hydrogen) atoms. The van der Waals surface area contributed by atoms with Gasteiger partial charge in [-0.05, 0) is 37.7 Å². The van der Waals surface area contributed by atoms with Crippen molar-refractivity contribution < 1.29 is 0 Å². The summed E-state index contributed by atoms with van der Waals surface area (Å²) >= 11 is 6.81. The summed E-state index contributed by atoms with van der Waals surface area (Å²) in [7, 11) is 2.18. The quantitative estimate of drug-likeness (QED) is 0.664.